The number of hydrogen-bond donors (Lipinski definition) is 1. The SMILES string of the molecule is C=CCN(CC1(c2ccc(N)cc2)CC1)C1CC1. The number of nitrogen functional groups attached to an aromatic ring is 1. The number of anilines is 1. The van der Waals surface area contributed by atoms with Crippen molar-refractivity contribution in [2.24, 2.45) is 0 Å². The molecule has 18 heavy (non-hydrogen) atoms. The van der Waals surface area contributed by atoms with E-state index in [1.165, 1.54) is 37.8 Å². The second kappa shape index (κ2) is 4.43. The van der Waals surface area contributed by atoms with E-state index in [0.717, 1.165) is 18.3 Å². The van der Waals surface area contributed by atoms with E-state index in [4.69, 9.17) is 5.73 Å². The largest absolute Gasteiger partial charge is 0.399 e. The molecular formula is C16H22N2. The van der Waals surface area contributed by atoms with Crippen LogP contribution in [-0.4, -0.2) is 24.0 Å². The van der Waals surface area contributed by atoms with E-state index < -0.39 is 0 Å². The van der Waals surface area contributed by atoms with Crippen LogP contribution < -0.4 is 5.73 Å². The van der Waals surface area contributed by atoms with E-state index in [9.17, 15) is 0 Å². The van der Waals surface area contributed by atoms with Gasteiger partial charge in [0.05, 0.1) is 0 Å². The summed E-state index contributed by atoms with van der Waals surface area (Å²) in [7, 11) is 0. The van der Waals surface area contributed by atoms with Crippen molar-refractivity contribution in [3.63, 3.8) is 0 Å². The van der Waals surface area contributed by atoms with Gasteiger partial charge >= 0.3 is 0 Å². The Labute approximate surface area is 109 Å². The van der Waals surface area contributed by atoms with E-state index in [1.807, 2.05) is 18.2 Å². The molecule has 0 aromatic heterocycles. The van der Waals surface area contributed by atoms with Gasteiger partial charge in [0, 0.05) is 30.2 Å². The van der Waals surface area contributed by atoms with Crippen LogP contribution >= 0.6 is 0 Å². The average Bonchev–Trinajstić information content (AvgIpc) is 3.25. The van der Waals surface area contributed by atoms with E-state index in [-0.39, 0.29) is 0 Å². The standard InChI is InChI=1S/C16H22N2/c1-2-11-18(15-7-8-15)12-16(9-10-16)13-3-5-14(17)6-4-13/h2-6,15H,1,7-12,17H2. The van der Waals surface area contributed by atoms with E-state index >= 15 is 0 Å². The van der Waals surface area contributed by atoms with Crippen molar-refractivity contribution in [3.8, 4) is 0 Å². The molecule has 0 heterocycles. The first-order valence-corrected chi connectivity index (χ1v) is 6.94. The summed E-state index contributed by atoms with van der Waals surface area (Å²) in [6.07, 6.45) is 7.41. The van der Waals surface area contributed by atoms with Crippen molar-refractivity contribution in [2.45, 2.75) is 37.1 Å². The molecule has 0 amide bonds. The average molecular weight is 242 g/mol. The Morgan fingerprint density at radius 2 is 1.94 bits per heavy atom. The lowest BCUT2D eigenvalue weighted by Crippen LogP contribution is -2.34. The summed E-state index contributed by atoms with van der Waals surface area (Å²) < 4.78 is 0. The lowest BCUT2D eigenvalue weighted by atomic mass is 9.95. The number of hydrogen-bond acceptors (Lipinski definition) is 2. The summed E-state index contributed by atoms with van der Waals surface area (Å²) in [5.41, 5.74) is 8.50. The van der Waals surface area contributed by atoms with Crippen LogP contribution in [0.4, 0.5) is 5.69 Å². The molecule has 0 saturated heterocycles. The molecular weight excluding hydrogens is 220 g/mol. The molecule has 2 fully saturated rings. The molecule has 0 bridgehead atoms. The Morgan fingerprint density at radius 3 is 2.44 bits per heavy atom. The third-order valence-corrected chi connectivity index (χ3v) is 4.31. The van der Waals surface area contributed by atoms with Crippen LogP contribution in [0.15, 0.2) is 36.9 Å². The van der Waals surface area contributed by atoms with Crippen molar-refractivity contribution >= 4 is 5.69 Å². The Hall–Kier alpha value is -1.28. The molecule has 1 aromatic rings. The Morgan fingerprint density at radius 1 is 1.28 bits per heavy atom. The lowest BCUT2D eigenvalue weighted by Gasteiger charge is -2.26. The molecule has 1 aromatic carbocycles. The summed E-state index contributed by atoms with van der Waals surface area (Å²) in [5, 5.41) is 0. The first kappa shape index (κ1) is 11.8. The monoisotopic (exact) mass is 242 g/mol. The summed E-state index contributed by atoms with van der Waals surface area (Å²) in [6, 6.07) is 9.30. The van der Waals surface area contributed by atoms with Crippen LogP contribution in [0.1, 0.15) is 31.2 Å². The molecule has 2 nitrogen and oxygen atoms in total. The van der Waals surface area contributed by atoms with Gasteiger partial charge in [0.1, 0.15) is 0 Å². The van der Waals surface area contributed by atoms with Crippen LogP contribution in [0.3, 0.4) is 0 Å². The molecule has 0 radical (unpaired) electrons. The fourth-order valence-electron chi connectivity index (χ4n) is 2.86. The predicted molar refractivity (Wildman–Crippen MR) is 76.6 cm³/mol. The van der Waals surface area contributed by atoms with Gasteiger partial charge in [0.2, 0.25) is 0 Å². The Kier molecular flexibility index (Phi) is 2.90. The molecule has 0 spiro atoms. The first-order chi connectivity index (χ1) is 8.73. The highest BCUT2D eigenvalue weighted by atomic mass is 15.2. The zero-order valence-electron chi connectivity index (χ0n) is 10.9. The molecule has 0 unspecified atom stereocenters. The van der Waals surface area contributed by atoms with Crippen molar-refractivity contribution < 1.29 is 0 Å². The Bertz CT molecular complexity index is 427. The van der Waals surface area contributed by atoms with Gasteiger partial charge in [-0.1, -0.05) is 18.2 Å². The van der Waals surface area contributed by atoms with Gasteiger partial charge < -0.3 is 5.73 Å². The van der Waals surface area contributed by atoms with E-state index in [1.54, 1.807) is 0 Å². The van der Waals surface area contributed by atoms with Crippen LogP contribution in [0, 0.1) is 0 Å². The number of nitrogens with two attached hydrogens (primary N) is 1. The zero-order chi connectivity index (χ0) is 12.6. The van der Waals surface area contributed by atoms with Gasteiger partial charge in [-0.3, -0.25) is 4.90 Å². The predicted octanol–water partition coefficient (Wildman–Crippen LogP) is 2.95. The maximum Gasteiger partial charge on any atom is 0.0314 e. The van der Waals surface area contributed by atoms with Crippen LogP contribution in [0.2, 0.25) is 0 Å². The van der Waals surface area contributed by atoms with Gasteiger partial charge in [-0.05, 0) is 43.4 Å². The summed E-state index contributed by atoms with van der Waals surface area (Å²) >= 11 is 0. The summed E-state index contributed by atoms with van der Waals surface area (Å²) in [6.45, 7) is 6.10. The normalized spacial score (nSPS) is 20.9. The molecule has 0 aliphatic heterocycles. The molecule has 0 atom stereocenters. The van der Waals surface area contributed by atoms with Gasteiger partial charge in [-0.25, -0.2) is 0 Å². The van der Waals surface area contributed by atoms with Crippen LogP contribution in [0.25, 0.3) is 0 Å². The fourth-order valence-corrected chi connectivity index (χ4v) is 2.86. The zero-order valence-corrected chi connectivity index (χ0v) is 10.9. The van der Waals surface area contributed by atoms with Gasteiger partial charge in [0.15, 0.2) is 0 Å². The number of benzene rings is 1. The summed E-state index contributed by atoms with van der Waals surface area (Å²) in [5.74, 6) is 0. The lowest BCUT2D eigenvalue weighted by molar-refractivity contribution is 0.264. The topological polar surface area (TPSA) is 29.3 Å². The summed E-state index contributed by atoms with van der Waals surface area (Å²) in [4.78, 5) is 2.61. The fraction of sp³-hybridized carbons (Fsp3) is 0.500. The highest BCUT2D eigenvalue weighted by molar-refractivity contribution is 5.43. The van der Waals surface area contributed by atoms with Crippen LogP contribution in [0.5, 0.6) is 0 Å². The first-order valence-electron chi connectivity index (χ1n) is 6.94. The molecule has 2 aliphatic rings. The highest BCUT2D eigenvalue weighted by Gasteiger charge is 2.47. The molecule has 2 N–H and O–H groups in total. The van der Waals surface area contributed by atoms with E-state index in [2.05, 4.69) is 23.6 Å². The van der Waals surface area contributed by atoms with Gasteiger partial charge in [-0.2, -0.15) is 0 Å². The number of nitrogens with zero attached hydrogens (tertiary/aromatic N) is 1. The molecule has 96 valence electrons. The van der Waals surface area contributed by atoms with Crippen molar-refractivity contribution in [3.05, 3.63) is 42.5 Å². The quantitative estimate of drug-likeness (QED) is 0.614. The smallest absolute Gasteiger partial charge is 0.0314 e. The second-order valence-corrected chi connectivity index (χ2v) is 5.85. The maximum absolute atomic E-state index is 5.77. The van der Waals surface area contributed by atoms with Gasteiger partial charge in [0.25, 0.3) is 0 Å². The minimum absolute atomic E-state index is 0.402. The number of rotatable bonds is 6. The highest BCUT2D eigenvalue weighted by Crippen LogP contribution is 2.50. The maximum atomic E-state index is 5.77. The molecule has 3 rings (SSSR count). The third kappa shape index (κ3) is 2.30. The van der Waals surface area contributed by atoms with Crippen molar-refractivity contribution in [2.75, 3.05) is 18.8 Å². The molecule has 2 heteroatoms. The Balaban J connectivity index is 1.73. The van der Waals surface area contributed by atoms with E-state index in [0.29, 0.717) is 5.41 Å². The van der Waals surface area contributed by atoms with Crippen LogP contribution in [-0.2, 0) is 5.41 Å². The minimum atomic E-state index is 0.402. The van der Waals surface area contributed by atoms with Crippen molar-refractivity contribution in [1.82, 2.24) is 4.90 Å². The molecule has 2 saturated carbocycles. The minimum Gasteiger partial charge on any atom is -0.399 e. The van der Waals surface area contributed by atoms with Crippen molar-refractivity contribution in [1.29, 1.82) is 0 Å². The third-order valence-electron chi connectivity index (χ3n) is 4.31. The van der Waals surface area contributed by atoms with Gasteiger partial charge in [-0.15, -0.1) is 6.58 Å². The molecule has 2 aliphatic carbocycles. The second-order valence-electron chi connectivity index (χ2n) is 5.85.